The van der Waals surface area contributed by atoms with Gasteiger partial charge in [-0.05, 0) is 60.2 Å². The Morgan fingerprint density at radius 3 is 2.12 bits per heavy atom. The first-order valence-electron chi connectivity index (χ1n) is 11.1. The Hall–Kier alpha value is -3.60. The molecule has 1 fully saturated rings. The maximum atomic E-state index is 12.5. The fourth-order valence-corrected chi connectivity index (χ4v) is 3.82. The van der Waals surface area contributed by atoms with Gasteiger partial charge in [-0.25, -0.2) is 0 Å². The minimum atomic E-state index is -0.189. The van der Waals surface area contributed by atoms with E-state index in [4.69, 9.17) is 4.74 Å². The third kappa shape index (κ3) is 5.76. The summed E-state index contributed by atoms with van der Waals surface area (Å²) in [6, 6.07) is 25.3. The number of likely N-dealkylation sites (tertiary alicyclic amines) is 1. The molecule has 0 bridgehead atoms. The largest absolute Gasteiger partial charge is 0.484 e. The molecule has 0 unspecified atom stereocenters. The highest BCUT2D eigenvalue weighted by Crippen LogP contribution is 2.22. The van der Waals surface area contributed by atoms with Crippen molar-refractivity contribution in [2.24, 2.45) is 0 Å². The van der Waals surface area contributed by atoms with Crippen LogP contribution in [0.3, 0.4) is 0 Å². The number of nitrogens with one attached hydrogen (secondary N) is 1. The monoisotopic (exact) mass is 428 g/mol. The second-order valence-corrected chi connectivity index (χ2v) is 8.01. The summed E-state index contributed by atoms with van der Waals surface area (Å²) in [5.41, 5.74) is 3.88. The van der Waals surface area contributed by atoms with Gasteiger partial charge in [-0.3, -0.25) is 9.59 Å². The van der Waals surface area contributed by atoms with Crippen molar-refractivity contribution < 1.29 is 14.3 Å². The third-order valence-corrected chi connectivity index (χ3v) is 5.67. The molecular formula is C27H28N2O3. The first-order valence-corrected chi connectivity index (χ1v) is 11.1. The molecule has 1 heterocycles. The number of amides is 2. The van der Waals surface area contributed by atoms with Gasteiger partial charge in [0.05, 0.1) is 0 Å². The lowest BCUT2D eigenvalue weighted by Gasteiger charge is -2.26. The van der Waals surface area contributed by atoms with E-state index in [0.717, 1.165) is 42.6 Å². The number of ether oxygens (including phenoxy) is 1. The topological polar surface area (TPSA) is 58.6 Å². The highest BCUT2D eigenvalue weighted by molar-refractivity contribution is 5.94. The van der Waals surface area contributed by atoms with Crippen molar-refractivity contribution in [2.75, 3.05) is 19.7 Å². The lowest BCUT2D eigenvalue weighted by Crippen LogP contribution is -2.35. The van der Waals surface area contributed by atoms with Crippen LogP contribution in [-0.4, -0.2) is 36.4 Å². The molecule has 5 nitrogen and oxygen atoms in total. The molecule has 5 heteroatoms. The van der Waals surface area contributed by atoms with Gasteiger partial charge in [-0.1, -0.05) is 54.6 Å². The molecule has 1 N–H and O–H groups in total. The van der Waals surface area contributed by atoms with E-state index < -0.39 is 0 Å². The fourth-order valence-electron chi connectivity index (χ4n) is 3.82. The van der Waals surface area contributed by atoms with Crippen molar-refractivity contribution in [3.8, 4) is 16.9 Å². The van der Waals surface area contributed by atoms with Crippen LogP contribution < -0.4 is 10.1 Å². The molecule has 0 radical (unpaired) electrons. The second-order valence-electron chi connectivity index (χ2n) is 8.01. The van der Waals surface area contributed by atoms with E-state index >= 15 is 0 Å². The Kier molecular flexibility index (Phi) is 7.18. The number of nitrogens with zero attached hydrogens (tertiary/aromatic N) is 1. The number of hydrogen-bond acceptors (Lipinski definition) is 3. The average Bonchev–Trinajstić information content (AvgIpc) is 2.87. The molecule has 0 aliphatic carbocycles. The zero-order valence-corrected chi connectivity index (χ0v) is 18.1. The molecule has 4 rings (SSSR count). The van der Waals surface area contributed by atoms with Crippen molar-refractivity contribution in [3.63, 3.8) is 0 Å². The molecule has 2 amide bonds. The smallest absolute Gasteiger partial charge is 0.258 e. The number of benzene rings is 3. The van der Waals surface area contributed by atoms with E-state index in [9.17, 15) is 9.59 Å². The zero-order valence-electron chi connectivity index (χ0n) is 18.1. The molecule has 164 valence electrons. The quantitative estimate of drug-likeness (QED) is 0.595. The van der Waals surface area contributed by atoms with Crippen LogP contribution in [0.2, 0.25) is 0 Å². The maximum absolute atomic E-state index is 12.5. The van der Waals surface area contributed by atoms with Crippen LogP contribution in [0, 0.1) is 0 Å². The molecule has 0 aromatic heterocycles. The summed E-state index contributed by atoms with van der Waals surface area (Å²) in [5.74, 6) is 0.554. The normalized spacial score (nSPS) is 13.4. The predicted molar refractivity (Wildman–Crippen MR) is 125 cm³/mol. The first-order chi connectivity index (χ1) is 15.7. The summed E-state index contributed by atoms with van der Waals surface area (Å²) in [6.07, 6.45) is 3.36. The van der Waals surface area contributed by atoms with Crippen LogP contribution in [0.15, 0.2) is 78.9 Å². The molecular weight excluding hydrogens is 400 g/mol. The summed E-state index contributed by atoms with van der Waals surface area (Å²) in [7, 11) is 0. The summed E-state index contributed by atoms with van der Waals surface area (Å²) < 4.78 is 5.60. The van der Waals surface area contributed by atoms with Crippen molar-refractivity contribution in [2.45, 2.75) is 25.8 Å². The van der Waals surface area contributed by atoms with E-state index in [1.807, 2.05) is 71.6 Å². The van der Waals surface area contributed by atoms with E-state index in [1.165, 1.54) is 6.42 Å². The minimum Gasteiger partial charge on any atom is -0.484 e. The van der Waals surface area contributed by atoms with Gasteiger partial charge in [0.15, 0.2) is 6.61 Å². The molecule has 1 aliphatic rings. The van der Waals surface area contributed by atoms with Crippen LogP contribution in [0.25, 0.3) is 11.1 Å². The highest BCUT2D eigenvalue weighted by atomic mass is 16.5. The van der Waals surface area contributed by atoms with Crippen LogP contribution in [0.1, 0.15) is 35.2 Å². The first kappa shape index (κ1) is 21.6. The fraction of sp³-hybridized carbons (Fsp3) is 0.259. The molecule has 1 aliphatic heterocycles. The Labute approximate surface area is 189 Å². The van der Waals surface area contributed by atoms with Gasteiger partial charge in [-0.2, -0.15) is 0 Å². The van der Waals surface area contributed by atoms with E-state index in [-0.39, 0.29) is 18.4 Å². The SMILES string of the molecule is O=C(COc1ccc(-c2ccccc2)cc1)NCc1ccc(C(=O)N2CCCCC2)cc1. The maximum Gasteiger partial charge on any atom is 0.258 e. The summed E-state index contributed by atoms with van der Waals surface area (Å²) >= 11 is 0. The van der Waals surface area contributed by atoms with Gasteiger partial charge in [0.25, 0.3) is 11.8 Å². The number of carbonyl (C=O) groups excluding carboxylic acids is 2. The van der Waals surface area contributed by atoms with Crippen molar-refractivity contribution >= 4 is 11.8 Å². The highest BCUT2D eigenvalue weighted by Gasteiger charge is 2.17. The lowest BCUT2D eigenvalue weighted by molar-refractivity contribution is -0.123. The third-order valence-electron chi connectivity index (χ3n) is 5.67. The Bertz CT molecular complexity index is 1020. The summed E-state index contributed by atoms with van der Waals surface area (Å²) in [6.45, 7) is 2.03. The zero-order chi connectivity index (χ0) is 22.2. The van der Waals surface area contributed by atoms with Gasteiger partial charge in [0.1, 0.15) is 5.75 Å². The van der Waals surface area contributed by atoms with Gasteiger partial charge in [-0.15, -0.1) is 0 Å². The molecule has 32 heavy (non-hydrogen) atoms. The van der Waals surface area contributed by atoms with E-state index in [1.54, 1.807) is 0 Å². The second kappa shape index (κ2) is 10.6. The predicted octanol–water partition coefficient (Wildman–Crippen LogP) is 4.67. The Balaban J connectivity index is 1.22. The molecule has 1 saturated heterocycles. The van der Waals surface area contributed by atoms with Crippen LogP contribution in [0.5, 0.6) is 5.75 Å². The van der Waals surface area contributed by atoms with E-state index in [0.29, 0.717) is 17.9 Å². The average molecular weight is 429 g/mol. The van der Waals surface area contributed by atoms with Crippen LogP contribution >= 0.6 is 0 Å². The molecule has 3 aromatic rings. The minimum absolute atomic E-state index is 0.0454. The van der Waals surface area contributed by atoms with Crippen LogP contribution in [0.4, 0.5) is 0 Å². The van der Waals surface area contributed by atoms with Gasteiger partial charge in [0.2, 0.25) is 0 Å². The standard InChI is InChI=1S/C27H28N2O3/c30-26(20-32-25-15-13-23(14-16-25)22-7-3-1-4-8-22)28-19-21-9-11-24(12-10-21)27(31)29-17-5-2-6-18-29/h1,3-4,7-16H,2,5-6,17-20H2,(H,28,30). The molecule has 0 spiro atoms. The van der Waals surface area contributed by atoms with Crippen molar-refractivity contribution in [3.05, 3.63) is 90.0 Å². The van der Waals surface area contributed by atoms with Crippen molar-refractivity contribution in [1.29, 1.82) is 0 Å². The van der Waals surface area contributed by atoms with Gasteiger partial charge >= 0.3 is 0 Å². The Morgan fingerprint density at radius 1 is 0.781 bits per heavy atom. The summed E-state index contributed by atoms with van der Waals surface area (Å²) in [5, 5.41) is 2.86. The molecule has 0 saturated carbocycles. The number of rotatable bonds is 7. The number of carbonyl (C=O) groups is 2. The number of hydrogen-bond donors (Lipinski definition) is 1. The molecule has 0 atom stereocenters. The van der Waals surface area contributed by atoms with Crippen LogP contribution in [-0.2, 0) is 11.3 Å². The summed E-state index contributed by atoms with van der Waals surface area (Å²) in [4.78, 5) is 26.6. The van der Waals surface area contributed by atoms with Gasteiger partial charge in [0, 0.05) is 25.2 Å². The molecule has 3 aromatic carbocycles. The van der Waals surface area contributed by atoms with Crippen molar-refractivity contribution in [1.82, 2.24) is 10.2 Å². The lowest BCUT2D eigenvalue weighted by atomic mass is 10.1. The Morgan fingerprint density at radius 2 is 1.44 bits per heavy atom. The van der Waals surface area contributed by atoms with E-state index in [2.05, 4.69) is 17.4 Å². The number of piperidine rings is 1. The van der Waals surface area contributed by atoms with Gasteiger partial charge < -0.3 is 15.0 Å².